The molecule has 0 bridgehead atoms. The summed E-state index contributed by atoms with van der Waals surface area (Å²) < 4.78 is 1.74. The number of urea groups is 1. The Morgan fingerprint density at radius 1 is 0.939 bits per heavy atom. The number of nitrogens with zero attached hydrogens (tertiary/aromatic N) is 3. The third kappa shape index (κ3) is 6.22. The maximum absolute atomic E-state index is 12.9. The van der Waals surface area contributed by atoms with Crippen LogP contribution in [0.2, 0.25) is 0 Å². The smallest absolute Gasteiger partial charge is 0.315 e. The maximum atomic E-state index is 12.9. The molecule has 0 saturated carbocycles. The molecule has 0 aliphatic rings. The lowest BCUT2D eigenvalue weighted by Gasteiger charge is -2.21. The van der Waals surface area contributed by atoms with Crippen LogP contribution in [-0.4, -0.2) is 39.7 Å². The van der Waals surface area contributed by atoms with Crippen LogP contribution in [0.5, 0.6) is 0 Å². The molecular weight excluding hydrogens is 414 g/mol. The van der Waals surface area contributed by atoms with Gasteiger partial charge in [0.25, 0.3) is 0 Å². The van der Waals surface area contributed by atoms with Gasteiger partial charge in [0.15, 0.2) is 0 Å². The molecule has 7 nitrogen and oxygen atoms in total. The Bertz CT molecular complexity index is 1110. The number of hydrogen-bond donors (Lipinski definition) is 2. The van der Waals surface area contributed by atoms with Gasteiger partial charge in [-0.15, -0.1) is 0 Å². The molecule has 0 spiro atoms. The van der Waals surface area contributed by atoms with Gasteiger partial charge < -0.3 is 15.5 Å². The highest BCUT2D eigenvalue weighted by atomic mass is 16.2. The van der Waals surface area contributed by atoms with Crippen molar-refractivity contribution in [2.45, 2.75) is 47.0 Å². The summed E-state index contributed by atoms with van der Waals surface area (Å²) in [7, 11) is 0. The van der Waals surface area contributed by atoms with E-state index >= 15 is 0 Å². The van der Waals surface area contributed by atoms with Crippen molar-refractivity contribution in [1.29, 1.82) is 0 Å². The summed E-state index contributed by atoms with van der Waals surface area (Å²) >= 11 is 0. The topological polar surface area (TPSA) is 79.3 Å². The summed E-state index contributed by atoms with van der Waals surface area (Å²) in [5.41, 5.74) is 4.49. The molecule has 0 atom stereocenters. The summed E-state index contributed by atoms with van der Waals surface area (Å²) in [5, 5.41) is 10.5. The molecule has 0 unspecified atom stereocenters. The van der Waals surface area contributed by atoms with Crippen LogP contribution in [0.1, 0.15) is 44.5 Å². The fourth-order valence-corrected chi connectivity index (χ4v) is 3.24. The summed E-state index contributed by atoms with van der Waals surface area (Å²) in [5.74, 6) is 0.286. The lowest BCUT2D eigenvalue weighted by Crippen LogP contribution is -2.40. The van der Waals surface area contributed by atoms with E-state index in [4.69, 9.17) is 5.10 Å². The van der Waals surface area contributed by atoms with Gasteiger partial charge >= 0.3 is 6.03 Å². The highest BCUT2D eigenvalue weighted by molar-refractivity contribution is 5.96. The Hall–Kier alpha value is -3.61. The zero-order chi connectivity index (χ0) is 24.2. The predicted octanol–water partition coefficient (Wildman–Crippen LogP) is 5.28. The fourth-order valence-electron chi connectivity index (χ4n) is 3.24. The standard InChI is InChI=1S/C26H33N5O2/c1-7-30(25(33)27-20-12-8-18(2)9-13-20)17-24(32)28-23-16-22(26(4,5)6)29-31(23)21-14-10-19(3)11-15-21/h8-16H,7,17H2,1-6H3,(H,27,33)(H,28,32). The zero-order valence-electron chi connectivity index (χ0n) is 20.3. The van der Waals surface area contributed by atoms with E-state index < -0.39 is 0 Å². The van der Waals surface area contributed by atoms with Crippen LogP contribution < -0.4 is 10.6 Å². The average Bonchev–Trinajstić information content (AvgIpc) is 3.18. The van der Waals surface area contributed by atoms with Crippen LogP contribution in [0.4, 0.5) is 16.3 Å². The van der Waals surface area contributed by atoms with E-state index in [9.17, 15) is 9.59 Å². The molecule has 3 rings (SSSR count). The summed E-state index contributed by atoms with van der Waals surface area (Å²) in [6.45, 7) is 12.4. The highest BCUT2D eigenvalue weighted by Gasteiger charge is 2.23. The Morgan fingerprint density at radius 3 is 2.06 bits per heavy atom. The van der Waals surface area contributed by atoms with Crippen LogP contribution in [0.3, 0.4) is 0 Å². The number of likely N-dealkylation sites (N-methyl/N-ethyl adjacent to an activating group) is 1. The van der Waals surface area contributed by atoms with Crippen LogP contribution in [0, 0.1) is 13.8 Å². The molecule has 0 aliphatic heterocycles. The number of benzene rings is 2. The summed E-state index contributed by atoms with van der Waals surface area (Å²) in [4.78, 5) is 27.1. The van der Waals surface area contributed by atoms with Gasteiger partial charge in [-0.25, -0.2) is 9.48 Å². The van der Waals surface area contributed by atoms with Gasteiger partial charge in [-0.05, 0) is 45.0 Å². The molecule has 0 radical (unpaired) electrons. The van der Waals surface area contributed by atoms with Gasteiger partial charge in [0, 0.05) is 23.7 Å². The van der Waals surface area contributed by atoms with Gasteiger partial charge in [-0.2, -0.15) is 5.10 Å². The van der Waals surface area contributed by atoms with Gasteiger partial charge in [0.05, 0.1) is 11.4 Å². The van der Waals surface area contributed by atoms with E-state index in [0.29, 0.717) is 18.1 Å². The average molecular weight is 448 g/mol. The van der Waals surface area contributed by atoms with Crippen molar-refractivity contribution < 1.29 is 9.59 Å². The third-order valence-electron chi connectivity index (χ3n) is 5.33. The second-order valence-electron chi connectivity index (χ2n) is 9.27. The van der Waals surface area contributed by atoms with E-state index in [1.165, 1.54) is 4.90 Å². The van der Waals surface area contributed by atoms with E-state index in [0.717, 1.165) is 22.5 Å². The molecule has 33 heavy (non-hydrogen) atoms. The number of aromatic nitrogens is 2. The lowest BCUT2D eigenvalue weighted by atomic mass is 9.92. The normalized spacial score (nSPS) is 11.2. The Labute approximate surface area is 195 Å². The molecule has 0 fully saturated rings. The minimum Gasteiger partial charge on any atom is -0.315 e. The highest BCUT2D eigenvalue weighted by Crippen LogP contribution is 2.26. The van der Waals surface area contributed by atoms with Gasteiger partial charge in [-0.1, -0.05) is 56.2 Å². The van der Waals surface area contributed by atoms with Crippen molar-refractivity contribution >= 4 is 23.4 Å². The maximum Gasteiger partial charge on any atom is 0.322 e. The Balaban J connectivity index is 1.76. The van der Waals surface area contributed by atoms with E-state index in [-0.39, 0.29) is 23.9 Å². The van der Waals surface area contributed by atoms with Gasteiger partial charge in [0.2, 0.25) is 5.91 Å². The largest absolute Gasteiger partial charge is 0.322 e. The molecule has 0 saturated heterocycles. The third-order valence-corrected chi connectivity index (χ3v) is 5.33. The molecule has 1 heterocycles. The van der Waals surface area contributed by atoms with Crippen LogP contribution in [-0.2, 0) is 10.2 Å². The monoisotopic (exact) mass is 447 g/mol. The van der Waals surface area contributed by atoms with Crippen LogP contribution >= 0.6 is 0 Å². The molecular formula is C26H33N5O2. The molecule has 0 aliphatic carbocycles. The number of aryl methyl sites for hydroxylation is 2. The summed E-state index contributed by atoms with van der Waals surface area (Å²) in [6.07, 6.45) is 0. The molecule has 3 amide bonds. The van der Waals surface area contributed by atoms with E-state index in [2.05, 4.69) is 31.4 Å². The first-order chi connectivity index (χ1) is 15.6. The molecule has 2 aromatic carbocycles. The van der Waals surface area contributed by atoms with Crippen LogP contribution in [0.15, 0.2) is 54.6 Å². The van der Waals surface area contributed by atoms with Gasteiger partial charge in [0.1, 0.15) is 12.4 Å². The van der Waals surface area contributed by atoms with Crippen LogP contribution in [0.25, 0.3) is 5.69 Å². The molecule has 2 N–H and O–H groups in total. The Kier molecular flexibility index (Phi) is 7.21. The molecule has 3 aromatic rings. The lowest BCUT2D eigenvalue weighted by molar-refractivity contribution is -0.116. The number of nitrogens with one attached hydrogen (secondary N) is 2. The predicted molar refractivity (Wildman–Crippen MR) is 133 cm³/mol. The number of carbonyl (C=O) groups excluding carboxylic acids is 2. The Morgan fingerprint density at radius 2 is 1.52 bits per heavy atom. The summed E-state index contributed by atoms with van der Waals surface area (Å²) in [6, 6.07) is 17.1. The van der Waals surface area contributed by atoms with Gasteiger partial charge in [-0.3, -0.25) is 4.79 Å². The molecule has 7 heteroatoms. The van der Waals surface area contributed by atoms with Crippen molar-refractivity contribution in [2.24, 2.45) is 0 Å². The first-order valence-electron chi connectivity index (χ1n) is 11.2. The van der Waals surface area contributed by atoms with Crippen molar-refractivity contribution in [3.63, 3.8) is 0 Å². The molecule has 174 valence electrons. The zero-order valence-corrected chi connectivity index (χ0v) is 20.3. The van der Waals surface area contributed by atoms with E-state index in [1.54, 1.807) is 4.68 Å². The minimum atomic E-state index is -0.320. The SMILES string of the molecule is CCN(CC(=O)Nc1cc(C(C)(C)C)nn1-c1ccc(C)cc1)C(=O)Nc1ccc(C)cc1. The second-order valence-corrected chi connectivity index (χ2v) is 9.27. The first-order valence-corrected chi connectivity index (χ1v) is 11.2. The second kappa shape index (κ2) is 9.90. The number of amides is 3. The number of anilines is 2. The number of carbonyl (C=O) groups is 2. The first kappa shape index (κ1) is 24.0. The van der Waals surface area contributed by atoms with Crippen molar-refractivity contribution in [3.05, 3.63) is 71.4 Å². The number of hydrogen-bond acceptors (Lipinski definition) is 3. The fraction of sp³-hybridized carbons (Fsp3) is 0.346. The minimum absolute atomic E-state index is 0.0713. The molecule has 1 aromatic heterocycles. The van der Waals surface area contributed by atoms with Crippen molar-refractivity contribution in [3.8, 4) is 5.69 Å². The number of rotatable bonds is 6. The van der Waals surface area contributed by atoms with Crippen molar-refractivity contribution in [1.82, 2.24) is 14.7 Å². The van der Waals surface area contributed by atoms with E-state index in [1.807, 2.05) is 75.4 Å². The van der Waals surface area contributed by atoms with Crippen molar-refractivity contribution in [2.75, 3.05) is 23.7 Å². The quantitative estimate of drug-likeness (QED) is 0.540.